The predicted molar refractivity (Wildman–Crippen MR) is 145 cm³/mol. The SMILES string of the molecule is O=c1[nH]cnc(C[C@H](CN[C@@H]2CCOC2)c2ccc(C#Cc3ccc(CN4CCOCC4)cc3)cc2)c1O. The molecule has 0 bridgehead atoms. The molecule has 2 aliphatic heterocycles. The standard InChI is InChI=1S/C30H34N4O4/c35-29-28(32-21-33-30(29)36)17-26(18-31-27-11-14-38-20-27)25-9-7-23(8-10-25)2-1-22-3-5-24(6-4-22)19-34-12-15-37-16-13-34/h3-10,21,26-27,31,35H,11-20H2,(H,32,33,36)/t26-,27-/m1/s1. The van der Waals surface area contributed by atoms with Gasteiger partial charge in [-0.3, -0.25) is 9.69 Å². The summed E-state index contributed by atoms with van der Waals surface area (Å²) >= 11 is 0. The van der Waals surface area contributed by atoms with Crippen LogP contribution in [0, 0.1) is 11.8 Å². The molecule has 0 amide bonds. The molecule has 0 unspecified atom stereocenters. The summed E-state index contributed by atoms with van der Waals surface area (Å²) in [4.78, 5) is 20.9. The molecular formula is C30H34N4O4. The fourth-order valence-electron chi connectivity index (χ4n) is 4.82. The Morgan fingerprint density at radius 3 is 2.42 bits per heavy atom. The van der Waals surface area contributed by atoms with E-state index in [2.05, 4.69) is 68.4 Å². The molecule has 2 fully saturated rings. The Morgan fingerprint density at radius 2 is 1.74 bits per heavy atom. The van der Waals surface area contributed by atoms with Crippen LogP contribution in [-0.2, 0) is 22.4 Å². The number of H-pyrrole nitrogens is 1. The fraction of sp³-hybridized carbons (Fsp3) is 0.400. The van der Waals surface area contributed by atoms with E-state index in [0.717, 1.165) is 62.6 Å². The van der Waals surface area contributed by atoms with Gasteiger partial charge in [-0.1, -0.05) is 36.1 Å². The number of morpholine rings is 1. The molecule has 0 radical (unpaired) electrons. The Morgan fingerprint density at radius 1 is 1.03 bits per heavy atom. The maximum atomic E-state index is 11.9. The smallest absolute Gasteiger partial charge is 0.293 e. The lowest BCUT2D eigenvalue weighted by Gasteiger charge is -2.26. The lowest BCUT2D eigenvalue weighted by molar-refractivity contribution is 0.0342. The number of hydrogen-bond acceptors (Lipinski definition) is 7. The Labute approximate surface area is 223 Å². The lowest BCUT2D eigenvalue weighted by atomic mass is 9.92. The molecule has 8 heteroatoms. The third kappa shape index (κ3) is 7.09. The predicted octanol–water partition coefficient (Wildman–Crippen LogP) is 2.41. The van der Waals surface area contributed by atoms with Gasteiger partial charge in [0.25, 0.3) is 5.56 Å². The van der Waals surface area contributed by atoms with Crippen LogP contribution in [-0.4, -0.2) is 72.1 Å². The molecule has 2 atom stereocenters. The van der Waals surface area contributed by atoms with Crippen LogP contribution in [0.3, 0.4) is 0 Å². The number of ether oxygens (including phenoxy) is 2. The number of aromatic hydroxyl groups is 1. The molecule has 3 heterocycles. The van der Waals surface area contributed by atoms with Crippen LogP contribution < -0.4 is 10.9 Å². The van der Waals surface area contributed by atoms with E-state index in [1.807, 2.05) is 12.1 Å². The number of benzene rings is 2. The van der Waals surface area contributed by atoms with Crippen molar-refractivity contribution in [2.75, 3.05) is 46.1 Å². The number of rotatable bonds is 8. The molecule has 1 aromatic heterocycles. The van der Waals surface area contributed by atoms with Crippen LogP contribution in [0.25, 0.3) is 0 Å². The first-order valence-corrected chi connectivity index (χ1v) is 13.2. The average molecular weight is 515 g/mol. The van der Waals surface area contributed by atoms with Gasteiger partial charge in [-0.15, -0.1) is 0 Å². The second-order valence-corrected chi connectivity index (χ2v) is 9.85. The Bertz CT molecular complexity index is 1300. The largest absolute Gasteiger partial charge is 0.502 e. The molecule has 3 N–H and O–H groups in total. The van der Waals surface area contributed by atoms with Gasteiger partial charge in [0.05, 0.1) is 31.8 Å². The summed E-state index contributed by atoms with van der Waals surface area (Å²) in [6.45, 7) is 6.65. The van der Waals surface area contributed by atoms with E-state index in [0.29, 0.717) is 31.3 Å². The summed E-state index contributed by atoms with van der Waals surface area (Å²) in [5.74, 6) is 6.23. The number of hydrogen-bond donors (Lipinski definition) is 3. The molecule has 2 saturated heterocycles. The summed E-state index contributed by atoms with van der Waals surface area (Å²) in [7, 11) is 0. The molecular weight excluding hydrogens is 480 g/mol. The second kappa shape index (κ2) is 12.9. The van der Waals surface area contributed by atoms with Crippen LogP contribution in [0.5, 0.6) is 5.75 Å². The first-order chi connectivity index (χ1) is 18.6. The number of aromatic nitrogens is 2. The molecule has 2 aliphatic rings. The Kier molecular flexibility index (Phi) is 8.84. The highest BCUT2D eigenvalue weighted by molar-refractivity contribution is 5.44. The minimum atomic E-state index is -0.523. The summed E-state index contributed by atoms with van der Waals surface area (Å²) < 4.78 is 10.9. The number of nitrogens with one attached hydrogen (secondary N) is 2. The van der Waals surface area contributed by atoms with Crippen molar-refractivity contribution in [1.29, 1.82) is 0 Å². The number of nitrogens with zero attached hydrogens (tertiary/aromatic N) is 2. The van der Waals surface area contributed by atoms with Crippen LogP contribution in [0.1, 0.15) is 40.3 Å². The Hall–Kier alpha value is -3.48. The minimum Gasteiger partial charge on any atom is -0.502 e. The van der Waals surface area contributed by atoms with Crippen LogP contribution in [0.4, 0.5) is 0 Å². The van der Waals surface area contributed by atoms with Crippen LogP contribution in [0.2, 0.25) is 0 Å². The van der Waals surface area contributed by atoms with Gasteiger partial charge < -0.3 is 24.9 Å². The van der Waals surface area contributed by atoms with Crippen molar-refractivity contribution in [2.45, 2.75) is 31.3 Å². The normalized spacial score (nSPS) is 18.6. The molecule has 198 valence electrons. The van der Waals surface area contributed by atoms with E-state index < -0.39 is 5.56 Å². The highest BCUT2D eigenvalue weighted by Crippen LogP contribution is 2.23. The first-order valence-electron chi connectivity index (χ1n) is 13.2. The third-order valence-electron chi connectivity index (χ3n) is 7.12. The van der Waals surface area contributed by atoms with Crippen molar-refractivity contribution in [1.82, 2.24) is 20.2 Å². The van der Waals surface area contributed by atoms with Crippen molar-refractivity contribution in [3.63, 3.8) is 0 Å². The van der Waals surface area contributed by atoms with Crippen molar-refractivity contribution in [3.05, 3.63) is 93.2 Å². The number of aromatic amines is 1. The van der Waals surface area contributed by atoms with Crippen molar-refractivity contribution >= 4 is 0 Å². The van der Waals surface area contributed by atoms with Gasteiger partial charge in [0, 0.05) is 62.3 Å². The fourth-order valence-corrected chi connectivity index (χ4v) is 4.82. The van der Waals surface area contributed by atoms with Gasteiger partial charge in [0.2, 0.25) is 5.75 Å². The van der Waals surface area contributed by atoms with Gasteiger partial charge >= 0.3 is 0 Å². The monoisotopic (exact) mass is 514 g/mol. The molecule has 3 aromatic rings. The summed E-state index contributed by atoms with van der Waals surface area (Å²) in [6, 6.07) is 16.9. The lowest BCUT2D eigenvalue weighted by Crippen LogP contribution is -2.35. The molecule has 38 heavy (non-hydrogen) atoms. The van der Waals surface area contributed by atoms with E-state index in [1.165, 1.54) is 11.9 Å². The van der Waals surface area contributed by atoms with Crippen molar-refractivity contribution < 1.29 is 14.6 Å². The topological polar surface area (TPSA) is 99.7 Å². The van der Waals surface area contributed by atoms with Gasteiger partial charge in [-0.05, 0) is 41.8 Å². The molecule has 2 aromatic carbocycles. The van der Waals surface area contributed by atoms with E-state index in [4.69, 9.17) is 9.47 Å². The Balaban J connectivity index is 1.25. The molecule has 0 aliphatic carbocycles. The minimum absolute atomic E-state index is 0.0248. The van der Waals surface area contributed by atoms with Gasteiger partial charge in [-0.25, -0.2) is 4.98 Å². The van der Waals surface area contributed by atoms with Gasteiger partial charge in [0.1, 0.15) is 0 Å². The molecule has 0 spiro atoms. The second-order valence-electron chi connectivity index (χ2n) is 9.85. The van der Waals surface area contributed by atoms with Gasteiger partial charge in [0.15, 0.2) is 0 Å². The van der Waals surface area contributed by atoms with Crippen molar-refractivity contribution in [2.24, 2.45) is 0 Å². The highest BCUT2D eigenvalue weighted by atomic mass is 16.5. The quantitative estimate of drug-likeness (QED) is 0.397. The average Bonchev–Trinajstić information content (AvgIpc) is 3.48. The molecule has 0 saturated carbocycles. The summed E-state index contributed by atoms with van der Waals surface area (Å²) in [6.07, 6.45) is 2.75. The van der Waals surface area contributed by atoms with Crippen LogP contribution >= 0.6 is 0 Å². The highest BCUT2D eigenvalue weighted by Gasteiger charge is 2.21. The first kappa shape index (κ1) is 26.1. The zero-order valence-corrected chi connectivity index (χ0v) is 21.5. The van der Waals surface area contributed by atoms with E-state index in [-0.39, 0.29) is 11.7 Å². The molecule has 8 nitrogen and oxygen atoms in total. The van der Waals surface area contributed by atoms with E-state index in [9.17, 15) is 9.90 Å². The summed E-state index contributed by atoms with van der Waals surface area (Å²) in [5, 5.41) is 13.8. The van der Waals surface area contributed by atoms with Crippen LogP contribution in [0.15, 0.2) is 59.7 Å². The maximum absolute atomic E-state index is 11.9. The zero-order valence-electron chi connectivity index (χ0n) is 21.5. The third-order valence-corrected chi connectivity index (χ3v) is 7.12. The maximum Gasteiger partial charge on any atom is 0.293 e. The van der Waals surface area contributed by atoms with E-state index in [1.54, 1.807) is 0 Å². The zero-order chi connectivity index (χ0) is 26.2. The molecule has 5 rings (SSSR count). The van der Waals surface area contributed by atoms with Gasteiger partial charge in [-0.2, -0.15) is 0 Å². The summed E-state index contributed by atoms with van der Waals surface area (Å²) in [5.41, 5.74) is 4.16. The van der Waals surface area contributed by atoms with E-state index >= 15 is 0 Å². The van der Waals surface area contributed by atoms with Crippen molar-refractivity contribution in [3.8, 4) is 17.6 Å².